The van der Waals surface area contributed by atoms with Gasteiger partial charge in [-0.2, -0.15) is 0 Å². The summed E-state index contributed by atoms with van der Waals surface area (Å²) in [6.07, 6.45) is 1.60. The zero-order valence-electron chi connectivity index (χ0n) is 14.6. The topological polar surface area (TPSA) is 54.8 Å². The van der Waals surface area contributed by atoms with Gasteiger partial charge in [0.1, 0.15) is 6.33 Å². The van der Waals surface area contributed by atoms with E-state index in [1.54, 1.807) is 29.2 Å². The zero-order valence-corrected chi connectivity index (χ0v) is 16.9. The van der Waals surface area contributed by atoms with Gasteiger partial charge in [0.05, 0.1) is 6.54 Å². The third-order valence-electron chi connectivity index (χ3n) is 4.18. The van der Waals surface area contributed by atoms with Crippen molar-refractivity contribution >= 4 is 62.9 Å². The average molecular weight is 428 g/mol. The van der Waals surface area contributed by atoms with Crippen LogP contribution in [0.25, 0.3) is 10.8 Å². The Balaban J connectivity index is 1.46. The van der Waals surface area contributed by atoms with Crippen LogP contribution in [0.15, 0.2) is 67.0 Å². The van der Waals surface area contributed by atoms with Crippen molar-refractivity contribution < 1.29 is 0 Å². The fourth-order valence-corrected chi connectivity index (χ4v) is 3.58. The van der Waals surface area contributed by atoms with Crippen molar-refractivity contribution in [1.82, 2.24) is 14.8 Å². The van der Waals surface area contributed by atoms with E-state index in [0.717, 1.165) is 22.0 Å². The molecule has 1 aromatic heterocycles. The molecule has 0 fully saturated rings. The molecular formula is C20H15Cl2N5S. The Bertz CT molecular complexity index is 1130. The fourth-order valence-electron chi connectivity index (χ4n) is 2.86. The van der Waals surface area contributed by atoms with E-state index in [1.165, 1.54) is 0 Å². The molecule has 0 aliphatic carbocycles. The molecule has 0 bridgehead atoms. The lowest BCUT2D eigenvalue weighted by Crippen LogP contribution is -2.20. The SMILES string of the molecule is S=C(Nc1ncn(Cc2c(Cl)cccc2Cl)n1)Nc1cccc2ccccc12. The van der Waals surface area contributed by atoms with Crippen LogP contribution < -0.4 is 10.6 Å². The van der Waals surface area contributed by atoms with Gasteiger partial charge in [-0.1, -0.05) is 65.7 Å². The van der Waals surface area contributed by atoms with Gasteiger partial charge in [0, 0.05) is 26.7 Å². The summed E-state index contributed by atoms with van der Waals surface area (Å²) in [6.45, 7) is 0.413. The maximum absolute atomic E-state index is 6.22. The van der Waals surface area contributed by atoms with E-state index < -0.39 is 0 Å². The Morgan fingerprint density at radius 1 is 0.929 bits per heavy atom. The van der Waals surface area contributed by atoms with Crippen LogP contribution in [0.2, 0.25) is 10.0 Å². The van der Waals surface area contributed by atoms with Crippen molar-refractivity contribution in [2.45, 2.75) is 6.54 Å². The van der Waals surface area contributed by atoms with Gasteiger partial charge in [0.2, 0.25) is 5.95 Å². The van der Waals surface area contributed by atoms with Gasteiger partial charge in [-0.3, -0.25) is 5.32 Å². The molecule has 5 nitrogen and oxygen atoms in total. The Morgan fingerprint density at radius 2 is 1.64 bits per heavy atom. The number of thiocarbonyl (C=S) groups is 1. The molecule has 0 unspecified atom stereocenters. The molecule has 0 aliphatic heterocycles. The van der Waals surface area contributed by atoms with Crippen LogP contribution in [0.3, 0.4) is 0 Å². The molecule has 0 spiro atoms. The highest BCUT2D eigenvalue weighted by Gasteiger charge is 2.09. The summed E-state index contributed by atoms with van der Waals surface area (Å²) in [5.41, 5.74) is 1.71. The Kier molecular flexibility index (Phi) is 5.43. The molecule has 0 radical (unpaired) electrons. The second kappa shape index (κ2) is 8.14. The Morgan fingerprint density at radius 3 is 2.46 bits per heavy atom. The van der Waals surface area contributed by atoms with Crippen LogP contribution >= 0.6 is 35.4 Å². The highest BCUT2D eigenvalue weighted by molar-refractivity contribution is 7.80. The van der Waals surface area contributed by atoms with E-state index in [0.29, 0.717) is 27.7 Å². The maximum atomic E-state index is 6.22. The van der Waals surface area contributed by atoms with E-state index in [9.17, 15) is 0 Å². The summed E-state index contributed by atoms with van der Waals surface area (Å²) in [4.78, 5) is 4.24. The number of anilines is 2. The highest BCUT2D eigenvalue weighted by Crippen LogP contribution is 2.25. The molecule has 1 heterocycles. The summed E-state index contributed by atoms with van der Waals surface area (Å²) >= 11 is 17.8. The third kappa shape index (κ3) is 4.09. The normalized spacial score (nSPS) is 10.8. The molecule has 8 heteroatoms. The molecular weight excluding hydrogens is 413 g/mol. The van der Waals surface area contributed by atoms with Crippen molar-refractivity contribution in [3.63, 3.8) is 0 Å². The second-order valence-corrected chi connectivity index (χ2v) is 7.29. The third-order valence-corrected chi connectivity index (χ3v) is 5.09. The fraction of sp³-hybridized carbons (Fsp3) is 0.0500. The number of hydrogen-bond donors (Lipinski definition) is 2. The lowest BCUT2D eigenvalue weighted by Gasteiger charge is -2.10. The lowest BCUT2D eigenvalue weighted by molar-refractivity contribution is 0.687. The van der Waals surface area contributed by atoms with Crippen molar-refractivity contribution in [2.75, 3.05) is 10.6 Å². The largest absolute Gasteiger partial charge is 0.332 e. The number of rotatable bonds is 4. The second-order valence-electron chi connectivity index (χ2n) is 6.07. The van der Waals surface area contributed by atoms with E-state index in [1.807, 2.05) is 30.3 Å². The van der Waals surface area contributed by atoms with Crippen molar-refractivity contribution in [3.8, 4) is 0 Å². The summed E-state index contributed by atoms with van der Waals surface area (Å²) in [5, 5.41) is 14.4. The number of aromatic nitrogens is 3. The molecule has 4 rings (SSSR count). The molecule has 3 aromatic carbocycles. The predicted molar refractivity (Wildman–Crippen MR) is 119 cm³/mol. The number of nitrogens with zero attached hydrogens (tertiary/aromatic N) is 3. The van der Waals surface area contributed by atoms with Gasteiger partial charge in [-0.15, -0.1) is 5.10 Å². The predicted octanol–water partition coefficient (Wildman–Crippen LogP) is 5.60. The molecule has 0 saturated carbocycles. The summed E-state index contributed by atoms with van der Waals surface area (Å²) in [6, 6.07) is 19.5. The summed E-state index contributed by atoms with van der Waals surface area (Å²) in [5.74, 6) is 0.390. The number of nitrogens with one attached hydrogen (secondary N) is 2. The van der Waals surface area contributed by atoms with Crippen LogP contribution in [0.5, 0.6) is 0 Å². The molecule has 140 valence electrons. The minimum Gasteiger partial charge on any atom is -0.332 e. The van der Waals surface area contributed by atoms with Gasteiger partial charge in [0.25, 0.3) is 0 Å². The molecule has 0 aliphatic rings. The standard InChI is InChI=1S/C20H15Cl2N5S/c21-16-8-4-9-17(22)15(16)11-27-12-23-19(26-27)25-20(28)24-18-10-3-6-13-5-1-2-7-14(13)18/h1-10,12H,11H2,(H2,24,25,26,28). The molecule has 2 N–H and O–H groups in total. The molecule has 0 atom stereocenters. The molecule has 28 heavy (non-hydrogen) atoms. The minimum atomic E-state index is 0.390. The monoisotopic (exact) mass is 427 g/mol. The number of hydrogen-bond acceptors (Lipinski definition) is 3. The van der Waals surface area contributed by atoms with Crippen LogP contribution in [0.4, 0.5) is 11.6 Å². The van der Waals surface area contributed by atoms with Gasteiger partial charge < -0.3 is 5.32 Å². The smallest absolute Gasteiger partial charge is 0.248 e. The van der Waals surface area contributed by atoms with Crippen LogP contribution in [0.1, 0.15) is 5.56 Å². The van der Waals surface area contributed by atoms with E-state index >= 15 is 0 Å². The van der Waals surface area contributed by atoms with Crippen molar-refractivity contribution in [2.24, 2.45) is 0 Å². The first-order valence-electron chi connectivity index (χ1n) is 8.48. The summed E-state index contributed by atoms with van der Waals surface area (Å²) in [7, 11) is 0. The van der Waals surface area contributed by atoms with Crippen LogP contribution in [-0.4, -0.2) is 19.9 Å². The van der Waals surface area contributed by atoms with Crippen molar-refractivity contribution in [3.05, 3.63) is 82.6 Å². The quantitative estimate of drug-likeness (QED) is 0.415. The first-order chi connectivity index (χ1) is 13.6. The first kappa shape index (κ1) is 18.7. The van der Waals surface area contributed by atoms with E-state index in [-0.39, 0.29) is 0 Å². The van der Waals surface area contributed by atoms with Crippen molar-refractivity contribution in [1.29, 1.82) is 0 Å². The van der Waals surface area contributed by atoms with Gasteiger partial charge in [0.15, 0.2) is 5.11 Å². The Labute approximate surface area is 177 Å². The highest BCUT2D eigenvalue weighted by atomic mass is 35.5. The molecule has 0 amide bonds. The number of benzene rings is 3. The Hall–Kier alpha value is -2.67. The van der Waals surface area contributed by atoms with Crippen LogP contribution in [-0.2, 0) is 6.54 Å². The van der Waals surface area contributed by atoms with Crippen LogP contribution in [0, 0.1) is 0 Å². The first-order valence-corrected chi connectivity index (χ1v) is 9.65. The van der Waals surface area contributed by atoms with Gasteiger partial charge in [-0.05, 0) is 35.8 Å². The zero-order chi connectivity index (χ0) is 19.5. The number of fused-ring (bicyclic) bond motifs is 1. The number of halogens is 2. The average Bonchev–Trinajstić information content (AvgIpc) is 3.12. The van der Waals surface area contributed by atoms with E-state index in [4.69, 9.17) is 35.4 Å². The maximum Gasteiger partial charge on any atom is 0.248 e. The van der Waals surface area contributed by atoms with E-state index in [2.05, 4.69) is 32.8 Å². The molecule has 0 saturated heterocycles. The molecule has 4 aromatic rings. The lowest BCUT2D eigenvalue weighted by atomic mass is 10.1. The van der Waals surface area contributed by atoms with Gasteiger partial charge >= 0.3 is 0 Å². The summed E-state index contributed by atoms with van der Waals surface area (Å²) < 4.78 is 1.65. The van der Waals surface area contributed by atoms with Gasteiger partial charge in [-0.25, -0.2) is 9.67 Å². The minimum absolute atomic E-state index is 0.390.